The third kappa shape index (κ3) is 3.96. The summed E-state index contributed by atoms with van der Waals surface area (Å²) in [5, 5.41) is 2.83. The van der Waals surface area contributed by atoms with Crippen LogP contribution in [-0.2, 0) is 11.2 Å². The highest BCUT2D eigenvalue weighted by Gasteiger charge is 2.30. The molecule has 1 aliphatic rings. The first-order valence-electron chi connectivity index (χ1n) is 9.87. The van der Waals surface area contributed by atoms with Crippen molar-refractivity contribution < 1.29 is 14.0 Å². The number of hydrogen-bond acceptors (Lipinski definition) is 6. The Kier molecular flexibility index (Phi) is 5.25. The number of carbonyl (C=O) groups is 2. The lowest BCUT2D eigenvalue weighted by atomic mass is 10.1. The van der Waals surface area contributed by atoms with E-state index < -0.39 is 0 Å². The van der Waals surface area contributed by atoms with E-state index in [1.165, 1.54) is 34.9 Å². The summed E-state index contributed by atoms with van der Waals surface area (Å²) in [5.41, 5.74) is 3.75. The molecule has 1 atom stereocenters. The standard InChI is InChI=1S/C23H19N3O3S2/c1-14-11-15-5-2-3-6-18(15)26(14)21(27)13-30-23-25-17-9-8-16(12-20(17)31-23)24-22(28)19-7-4-10-29-19/h2-10,12,14H,11,13H2,1H3,(H,24,28)/t14-/m1/s1. The van der Waals surface area contributed by atoms with Crippen LogP contribution in [0.1, 0.15) is 23.0 Å². The molecule has 0 saturated heterocycles. The number of amides is 2. The van der Waals surface area contributed by atoms with Gasteiger partial charge in [0.25, 0.3) is 5.91 Å². The molecular formula is C23H19N3O3S2. The van der Waals surface area contributed by atoms with E-state index in [-0.39, 0.29) is 23.6 Å². The van der Waals surface area contributed by atoms with Gasteiger partial charge in [-0.05, 0) is 55.3 Å². The lowest BCUT2D eigenvalue weighted by molar-refractivity contribution is -0.116. The van der Waals surface area contributed by atoms with Crippen LogP contribution in [0.2, 0.25) is 0 Å². The van der Waals surface area contributed by atoms with Gasteiger partial charge in [0.05, 0.1) is 22.2 Å². The normalized spacial score (nSPS) is 15.3. The van der Waals surface area contributed by atoms with Crippen molar-refractivity contribution in [2.24, 2.45) is 0 Å². The summed E-state index contributed by atoms with van der Waals surface area (Å²) in [4.78, 5) is 31.6. The van der Waals surface area contributed by atoms with E-state index in [4.69, 9.17) is 4.42 Å². The fraction of sp³-hybridized carbons (Fsp3) is 0.174. The minimum atomic E-state index is -0.297. The number of fused-ring (bicyclic) bond motifs is 2. The van der Waals surface area contributed by atoms with Crippen LogP contribution in [0.4, 0.5) is 11.4 Å². The van der Waals surface area contributed by atoms with Crippen LogP contribution in [0.15, 0.2) is 69.6 Å². The van der Waals surface area contributed by atoms with Gasteiger partial charge in [-0.25, -0.2) is 4.98 Å². The molecule has 2 aromatic carbocycles. The zero-order chi connectivity index (χ0) is 21.4. The van der Waals surface area contributed by atoms with Crippen molar-refractivity contribution >= 4 is 56.5 Å². The van der Waals surface area contributed by atoms with E-state index in [9.17, 15) is 9.59 Å². The zero-order valence-electron chi connectivity index (χ0n) is 16.7. The maximum Gasteiger partial charge on any atom is 0.291 e. The lowest BCUT2D eigenvalue weighted by Gasteiger charge is -2.22. The Morgan fingerprint density at radius 1 is 1.23 bits per heavy atom. The van der Waals surface area contributed by atoms with Crippen LogP contribution in [0.5, 0.6) is 0 Å². The minimum absolute atomic E-state index is 0.0908. The highest BCUT2D eigenvalue weighted by Crippen LogP contribution is 2.35. The summed E-state index contributed by atoms with van der Waals surface area (Å²) >= 11 is 2.96. The quantitative estimate of drug-likeness (QED) is 0.423. The average molecular weight is 450 g/mol. The molecule has 8 heteroatoms. The van der Waals surface area contributed by atoms with Crippen molar-refractivity contribution in [1.29, 1.82) is 0 Å². The molecule has 156 valence electrons. The summed E-state index contributed by atoms with van der Waals surface area (Å²) in [7, 11) is 0. The number of aromatic nitrogens is 1. The largest absolute Gasteiger partial charge is 0.459 e. The van der Waals surface area contributed by atoms with Gasteiger partial charge >= 0.3 is 0 Å². The number of nitrogens with zero attached hydrogens (tertiary/aromatic N) is 2. The van der Waals surface area contributed by atoms with Crippen LogP contribution >= 0.6 is 23.1 Å². The molecule has 0 saturated carbocycles. The zero-order valence-corrected chi connectivity index (χ0v) is 18.3. The van der Waals surface area contributed by atoms with Gasteiger partial charge < -0.3 is 14.6 Å². The van der Waals surface area contributed by atoms with Crippen molar-refractivity contribution in [2.75, 3.05) is 16.0 Å². The molecule has 4 aromatic rings. The number of hydrogen-bond donors (Lipinski definition) is 1. The highest BCUT2D eigenvalue weighted by molar-refractivity contribution is 8.01. The molecule has 3 heterocycles. The molecule has 0 radical (unpaired) electrons. The van der Waals surface area contributed by atoms with Crippen molar-refractivity contribution in [3.8, 4) is 0 Å². The Labute approximate surface area is 187 Å². The second kappa shape index (κ2) is 8.20. The number of anilines is 2. The maximum absolute atomic E-state index is 12.9. The van der Waals surface area contributed by atoms with E-state index >= 15 is 0 Å². The Morgan fingerprint density at radius 3 is 2.94 bits per heavy atom. The number of benzene rings is 2. The molecule has 1 N–H and O–H groups in total. The van der Waals surface area contributed by atoms with Gasteiger partial charge in [0.1, 0.15) is 0 Å². The topological polar surface area (TPSA) is 75.4 Å². The van der Waals surface area contributed by atoms with E-state index in [1.807, 2.05) is 41.3 Å². The van der Waals surface area contributed by atoms with E-state index in [1.54, 1.807) is 12.1 Å². The summed E-state index contributed by atoms with van der Waals surface area (Å²) in [6.07, 6.45) is 2.35. The SMILES string of the molecule is C[C@@H]1Cc2ccccc2N1C(=O)CSc1nc2ccc(NC(=O)c3ccco3)cc2s1. The smallest absolute Gasteiger partial charge is 0.291 e. The molecule has 0 fully saturated rings. The third-order valence-corrected chi connectivity index (χ3v) is 7.31. The fourth-order valence-electron chi connectivity index (χ4n) is 3.78. The first-order chi connectivity index (χ1) is 15.1. The second-order valence-electron chi connectivity index (χ2n) is 7.33. The molecule has 0 spiro atoms. The summed E-state index contributed by atoms with van der Waals surface area (Å²) in [6.45, 7) is 2.08. The predicted molar refractivity (Wildman–Crippen MR) is 124 cm³/mol. The third-order valence-electron chi connectivity index (χ3n) is 5.17. The average Bonchev–Trinajstić information content (AvgIpc) is 3.49. The van der Waals surface area contributed by atoms with Gasteiger partial charge in [-0.3, -0.25) is 9.59 Å². The Balaban J connectivity index is 1.27. The van der Waals surface area contributed by atoms with Crippen LogP contribution in [0.25, 0.3) is 10.2 Å². The number of rotatable bonds is 5. The molecule has 0 bridgehead atoms. The summed E-state index contributed by atoms with van der Waals surface area (Å²) < 4.78 is 6.91. The van der Waals surface area contributed by atoms with Crippen molar-refractivity contribution in [2.45, 2.75) is 23.7 Å². The van der Waals surface area contributed by atoms with E-state index in [0.717, 1.165) is 26.7 Å². The monoisotopic (exact) mass is 449 g/mol. The van der Waals surface area contributed by atoms with Gasteiger partial charge in [0.15, 0.2) is 10.1 Å². The lowest BCUT2D eigenvalue weighted by Crippen LogP contribution is -2.36. The molecule has 0 unspecified atom stereocenters. The molecule has 0 aliphatic carbocycles. The summed E-state index contributed by atoms with van der Waals surface area (Å²) in [6, 6.07) is 17.1. The number of nitrogens with one attached hydrogen (secondary N) is 1. The van der Waals surface area contributed by atoms with Gasteiger partial charge in [-0.2, -0.15) is 0 Å². The minimum Gasteiger partial charge on any atom is -0.459 e. The molecule has 2 amide bonds. The Hall–Kier alpha value is -3.10. The Bertz CT molecular complexity index is 1270. The van der Waals surface area contributed by atoms with Gasteiger partial charge in [-0.15, -0.1) is 11.3 Å². The molecule has 31 heavy (non-hydrogen) atoms. The number of thiazole rings is 1. The van der Waals surface area contributed by atoms with Gasteiger partial charge in [0.2, 0.25) is 5.91 Å². The molecule has 6 nitrogen and oxygen atoms in total. The molecular weight excluding hydrogens is 430 g/mol. The van der Waals surface area contributed by atoms with Gasteiger partial charge in [0, 0.05) is 17.4 Å². The second-order valence-corrected chi connectivity index (χ2v) is 9.58. The van der Waals surface area contributed by atoms with Crippen LogP contribution in [0.3, 0.4) is 0 Å². The fourth-order valence-corrected chi connectivity index (χ4v) is 5.75. The predicted octanol–water partition coefficient (Wildman–Crippen LogP) is 5.21. The molecule has 5 rings (SSSR count). The van der Waals surface area contributed by atoms with Crippen molar-refractivity contribution in [1.82, 2.24) is 4.98 Å². The number of furan rings is 1. The molecule has 2 aromatic heterocycles. The highest BCUT2D eigenvalue weighted by atomic mass is 32.2. The van der Waals surface area contributed by atoms with Crippen LogP contribution in [0, 0.1) is 0 Å². The van der Waals surface area contributed by atoms with E-state index in [2.05, 4.69) is 23.3 Å². The number of thioether (sulfide) groups is 1. The van der Waals surface area contributed by atoms with Gasteiger partial charge in [-0.1, -0.05) is 30.0 Å². The van der Waals surface area contributed by atoms with Crippen LogP contribution < -0.4 is 10.2 Å². The first-order valence-corrected chi connectivity index (χ1v) is 11.7. The van der Waals surface area contributed by atoms with Crippen LogP contribution in [-0.4, -0.2) is 28.6 Å². The first kappa shape index (κ1) is 19.8. The Morgan fingerprint density at radius 2 is 2.10 bits per heavy atom. The van der Waals surface area contributed by atoms with Crippen molar-refractivity contribution in [3.63, 3.8) is 0 Å². The number of para-hydroxylation sites is 1. The van der Waals surface area contributed by atoms with Crippen molar-refractivity contribution in [3.05, 3.63) is 72.2 Å². The number of carbonyl (C=O) groups excluding carboxylic acids is 2. The molecule has 1 aliphatic heterocycles. The maximum atomic E-state index is 12.9. The summed E-state index contributed by atoms with van der Waals surface area (Å²) in [5.74, 6) is 0.389. The van der Waals surface area contributed by atoms with E-state index in [0.29, 0.717) is 11.4 Å².